The van der Waals surface area contributed by atoms with Gasteiger partial charge in [0.1, 0.15) is 11.6 Å². The van der Waals surface area contributed by atoms with E-state index >= 15 is 0 Å². The van der Waals surface area contributed by atoms with Gasteiger partial charge in [-0.15, -0.1) is 0 Å². The molecule has 124 valence electrons. The van der Waals surface area contributed by atoms with Crippen molar-refractivity contribution in [1.82, 2.24) is 9.97 Å². The molecule has 3 N–H and O–H groups in total. The van der Waals surface area contributed by atoms with Gasteiger partial charge in [0.15, 0.2) is 0 Å². The molecule has 0 aliphatic heterocycles. The fraction of sp³-hybridized carbons (Fsp3) is 0.412. The van der Waals surface area contributed by atoms with E-state index < -0.39 is 0 Å². The molecule has 0 saturated carbocycles. The van der Waals surface area contributed by atoms with Crippen molar-refractivity contribution in [2.24, 2.45) is 0 Å². The molecule has 2 aromatic rings. The van der Waals surface area contributed by atoms with Gasteiger partial charge in [-0.1, -0.05) is 25.4 Å². The third kappa shape index (κ3) is 4.05. The van der Waals surface area contributed by atoms with Crippen LogP contribution in [0, 0.1) is 0 Å². The molecule has 0 bridgehead atoms. The number of nitrogens with two attached hydrogens (primary N) is 1. The Kier molecular flexibility index (Phi) is 5.66. The fourth-order valence-corrected chi connectivity index (χ4v) is 2.73. The van der Waals surface area contributed by atoms with Crippen LogP contribution in [0.5, 0.6) is 5.75 Å². The van der Waals surface area contributed by atoms with Crippen molar-refractivity contribution in [1.29, 1.82) is 0 Å². The molecule has 0 amide bonds. The summed E-state index contributed by atoms with van der Waals surface area (Å²) in [6, 6.07) is 3.93. The number of nitrogens with zero attached hydrogens (tertiary/aromatic N) is 2. The first-order chi connectivity index (χ1) is 11.0. The van der Waals surface area contributed by atoms with Crippen molar-refractivity contribution in [3.8, 4) is 5.75 Å². The molecule has 1 aromatic carbocycles. The molecule has 0 unspecified atom stereocenters. The Hall–Kier alpha value is -2.01. The first kappa shape index (κ1) is 17.3. The van der Waals surface area contributed by atoms with Crippen molar-refractivity contribution in [3.05, 3.63) is 40.0 Å². The molecule has 5 nitrogen and oxygen atoms in total. The Labute approximate surface area is 142 Å². The third-order valence-corrected chi connectivity index (χ3v) is 3.94. The third-order valence-electron chi connectivity index (χ3n) is 3.65. The summed E-state index contributed by atoms with van der Waals surface area (Å²) in [5.41, 5.74) is 9.25. The van der Waals surface area contributed by atoms with Crippen molar-refractivity contribution in [3.63, 3.8) is 0 Å². The van der Waals surface area contributed by atoms with Gasteiger partial charge < -0.3 is 15.8 Å². The molecular weight excluding hydrogens is 312 g/mol. The van der Waals surface area contributed by atoms with Crippen LogP contribution in [0.1, 0.15) is 43.4 Å². The van der Waals surface area contributed by atoms with Crippen LogP contribution in [0.4, 0.5) is 11.8 Å². The lowest BCUT2D eigenvalue weighted by Crippen LogP contribution is -2.08. The predicted molar refractivity (Wildman–Crippen MR) is 95.5 cm³/mol. The predicted octanol–water partition coefficient (Wildman–Crippen LogP) is 3.87. The van der Waals surface area contributed by atoms with E-state index in [-0.39, 0.29) is 0 Å². The zero-order chi connectivity index (χ0) is 17.0. The number of halogens is 1. The molecule has 2 rings (SSSR count). The van der Waals surface area contributed by atoms with Crippen LogP contribution >= 0.6 is 11.6 Å². The Morgan fingerprint density at radius 1 is 1.30 bits per heavy atom. The quantitative estimate of drug-likeness (QED) is 0.839. The minimum atomic E-state index is 0.347. The molecule has 1 aromatic heterocycles. The second kappa shape index (κ2) is 7.51. The average Bonchev–Trinajstić information content (AvgIpc) is 2.50. The molecule has 0 aliphatic carbocycles. The number of nitrogen functional groups attached to an aromatic ring is 1. The van der Waals surface area contributed by atoms with Crippen molar-refractivity contribution in [2.45, 2.75) is 33.1 Å². The summed E-state index contributed by atoms with van der Waals surface area (Å²) in [7, 11) is 1.62. The van der Waals surface area contributed by atoms with E-state index in [1.165, 1.54) is 5.56 Å². The number of hydrogen-bond acceptors (Lipinski definition) is 5. The van der Waals surface area contributed by atoms with Crippen LogP contribution in [-0.4, -0.2) is 23.6 Å². The van der Waals surface area contributed by atoms with Crippen LogP contribution in [0.15, 0.2) is 18.3 Å². The highest BCUT2D eigenvalue weighted by atomic mass is 35.5. The van der Waals surface area contributed by atoms with Gasteiger partial charge in [0.2, 0.25) is 5.95 Å². The maximum Gasteiger partial charge on any atom is 0.224 e. The highest BCUT2D eigenvalue weighted by Gasteiger charge is 2.14. The van der Waals surface area contributed by atoms with Crippen molar-refractivity contribution in [2.75, 3.05) is 24.7 Å². The number of ether oxygens (including phenoxy) is 1. The highest BCUT2D eigenvalue weighted by Crippen LogP contribution is 2.33. The monoisotopic (exact) mass is 334 g/mol. The van der Waals surface area contributed by atoms with Gasteiger partial charge in [0, 0.05) is 24.7 Å². The summed E-state index contributed by atoms with van der Waals surface area (Å²) in [6.07, 6.45) is 2.40. The van der Waals surface area contributed by atoms with Gasteiger partial charge in [-0.2, -0.15) is 4.98 Å². The van der Waals surface area contributed by atoms with Crippen molar-refractivity contribution < 1.29 is 4.74 Å². The standard InChI is InChI=1S/C17H23ClN4O/c1-5-20-17-21-9-12(16(19)22-17)6-11-7-14(18)15(23-4)8-13(11)10(2)3/h7-10H,5-6H2,1-4H3,(H3,19,20,21,22). The second-order valence-corrected chi connectivity index (χ2v) is 6.06. The maximum atomic E-state index is 6.28. The largest absolute Gasteiger partial charge is 0.495 e. The first-order valence-corrected chi connectivity index (χ1v) is 8.05. The second-order valence-electron chi connectivity index (χ2n) is 5.65. The van der Waals surface area contributed by atoms with Crippen molar-refractivity contribution >= 4 is 23.4 Å². The minimum absolute atomic E-state index is 0.347. The molecule has 0 radical (unpaired) electrons. The summed E-state index contributed by atoms with van der Waals surface area (Å²) < 4.78 is 5.32. The number of nitrogens with one attached hydrogen (secondary N) is 1. The zero-order valence-electron chi connectivity index (χ0n) is 14.0. The Morgan fingerprint density at radius 2 is 2.04 bits per heavy atom. The van der Waals surface area contributed by atoms with Crippen LogP contribution < -0.4 is 15.8 Å². The smallest absolute Gasteiger partial charge is 0.224 e. The fourth-order valence-electron chi connectivity index (χ4n) is 2.46. The number of rotatable bonds is 6. The number of anilines is 2. The Bertz CT molecular complexity index is 689. The summed E-state index contributed by atoms with van der Waals surface area (Å²) in [6.45, 7) is 7.02. The van der Waals surface area contributed by atoms with E-state index in [0.717, 1.165) is 17.7 Å². The molecule has 6 heteroatoms. The van der Waals surface area contributed by atoms with E-state index in [4.69, 9.17) is 22.1 Å². The molecule has 0 atom stereocenters. The van der Waals surface area contributed by atoms with Gasteiger partial charge in [-0.05, 0) is 36.1 Å². The lowest BCUT2D eigenvalue weighted by atomic mass is 9.93. The van der Waals surface area contributed by atoms with E-state index in [1.54, 1.807) is 13.3 Å². The van der Waals surface area contributed by atoms with E-state index in [2.05, 4.69) is 29.1 Å². The summed E-state index contributed by atoms with van der Waals surface area (Å²) in [5.74, 6) is 2.06. The normalized spacial score (nSPS) is 10.9. The van der Waals surface area contributed by atoms with E-state index in [1.807, 2.05) is 19.1 Å². The molecule has 23 heavy (non-hydrogen) atoms. The topological polar surface area (TPSA) is 73.1 Å². The molecule has 0 fully saturated rings. The first-order valence-electron chi connectivity index (χ1n) is 7.67. The van der Waals surface area contributed by atoms with Gasteiger partial charge in [-0.3, -0.25) is 0 Å². The Morgan fingerprint density at radius 3 is 2.61 bits per heavy atom. The van der Waals surface area contributed by atoms with Crippen LogP contribution in [0.3, 0.4) is 0 Å². The molecule has 1 heterocycles. The minimum Gasteiger partial charge on any atom is -0.495 e. The highest BCUT2D eigenvalue weighted by molar-refractivity contribution is 6.32. The maximum absolute atomic E-state index is 6.28. The molecular formula is C17H23ClN4O. The van der Waals surface area contributed by atoms with Gasteiger partial charge >= 0.3 is 0 Å². The van der Waals surface area contributed by atoms with Crippen LogP contribution in [0.25, 0.3) is 0 Å². The Balaban J connectivity index is 2.37. The van der Waals surface area contributed by atoms with E-state index in [9.17, 15) is 0 Å². The molecule has 0 spiro atoms. The van der Waals surface area contributed by atoms with E-state index in [0.29, 0.717) is 34.9 Å². The average molecular weight is 335 g/mol. The lowest BCUT2D eigenvalue weighted by Gasteiger charge is -2.16. The SMILES string of the molecule is CCNc1ncc(Cc2cc(Cl)c(OC)cc2C(C)C)c(N)n1. The summed E-state index contributed by atoms with van der Waals surface area (Å²) in [4.78, 5) is 8.58. The molecule has 0 aliphatic rings. The number of benzene rings is 1. The summed E-state index contributed by atoms with van der Waals surface area (Å²) >= 11 is 6.28. The number of aromatic nitrogens is 2. The summed E-state index contributed by atoms with van der Waals surface area (Å²) in [5, 5.41) is 3.65. The zero-order valence-corrected chi connectivity index (χ0v) is 14.7. The van der Waals surface area contributed by atoms with Crippen LogP contribution in [-0.2, 0) is 6.42 Å². The van der Waals surface area contributed by atoms with Crippen LogP contribution in [0.2, 0.25) is 5.02 Å². The van der Waals surface area contributed by atoms with Gasteiger partial charge in [0.05, 0.1) is 12.1 Å². The number of methoxy groups -OCH3 is 1. The van der Waals surface area contributed by atoms with Gasteiger partial charge in [0.25, 0.3) is 0 Å². The molecule has 0 saturated heterocycles. The lowest BCUT2D eigenvalue weighted by molar-refractivity contribution is 0.414. The number of hydrogen-bond donors (Lipinski definition) is 2. The van der Waals surface area contributed by atoms with Gasteiger partial charge in [-0.25, -0.2) is 4.98 Å².